The summed E-state index contributed by atoms with van der Waals surface area (Å²) in [5.74, 6) is -0.701. The highest BCUT2D eigenvalue weighted by Crippen LogP contribution is 2.40. The first kappa shape index (κ1) is 24.5. The van der Waals surface area contributed by atoms with Gasteiger partial charge in [0.15, 0.2) is 0 Å². The van der Waals surface area contributed by atoms with E-state index in [4.69, 9.17) is 9.47 Å². The van der Waals surface area contributed by atoms with E-state index in [0.29, 0.717) is 31.7 Å². The van der Waals surface area contributed by atoms with E-state index in [0.717, 1.165) is 35.3 Å². The average Bonchev–Trinajstić information content (AvgIpc) is 3.08. The van der Waals surface area contributed by atoms with Crippen LogP contribution >= 0.6 is 0 Å². The van der Waals surface area contributed by atoms with Gasteiger partial charge in [-0.3, -0.25) is 9.59 Å². The lowest BCUT2D eigenvalue weighted by Crippen LogP contribution is -2.31. The predicted octanol–water partition coefficient (Wildman–Crippen LogP) is 4.80. The fourth-order valence-corrected chi connectivity index (χ4v) is 4.10. The highest BCUT2D eigenvalue weighted by molar-refractivity contribution is 6.46. The van der Waals surface area contributed by atoms with Crippen LogP contribution in [0.3, 0.4) is 0 Å². The minimum Gasteiger partial charge on any atom is -0.507 e. The van der Waals surface area contributed by atoms with E-state index in [1.54, 1.807) is 30.2 Å². The van der Waals surface area contributed by atoms with Gasteiger partial charge in [0, 0.05) is 25.8 Å². The number of hydrogen-bond donors (Lipinski definition) is 1. The van der Waals surface area contributed by atoms with Gasteiger partial charge in [-0.2, -0.15) is 0 Å². The lowest BCUT2D eigenvalue weighted by Gasteiger charge is -2.25. The van der Waals surface area contributed by atoms with Gasteiger partial charge < -0.3 is 19.5 Å². The van der Waals surface area contributed by atoms with E-state index in [2.05, 4.69) is 6.92 Å². The number of benzene rings is 2. The van der Waals surface area contributed by atoms with E-state index in [-0.39, 0.29) is 11.3 Å². The number of carbonyl (C=O) groups is 2. The first-order valence-electron chi connectivity index (χ1n) is 11.5. The Labute approximate surface area is 195 Å². The Bertz CT molecular complexity index is 1030. The summed E-state index contributed by atoms with van der Waals surface area (Å²) >= 11 is 0. The number of amides is 1. The van der Waals surface area contributed by atoms with E-state index < -0.39 is 17.7 Å². The van der Waals surface area contributed by atoms with Crippen LogP contribution in [0.4, 0.5) is 0 Å². The standard InChI is InChI=1S/C27H33NO5/c1-5-15-33-22-13-12-21(17-18(22)3)25(29)23-24(20-10-8-19(6-2)9-11-20)28(14-7-16-32-4)27(31)26(23)30/h8-13,17,24,29H,5-7,14-16H2,1-4H3/b25-23-. The number of ether oxygens (including phenoxy) is 2. The lowest BCUT2D eigenvalue weighted by molar-refractivity contribution is -0.140. The van der Waals surface area contributed by atoms with Crippen LogP contribution in [-0.4, -0.2) is 48.6 Å². The van der Waals surface area contributed by atoms with Crippen molar-refractivity contribution in [1.29, 1.82) is 0 Å². The molecule has 1 heterocycles. The molecule has 33 heavy (non-hydrogen) atoms. The quantitative estimate of drug-likeness (QED) is 0.243. The fourth-order valence-electron chi connectivity index (χ4n) is 4.10. The van der Waals surface area contributed by atoms with Crippen LogP contribution in [0.1, 0.15) is 55.0 Å². The maximum atomic E-state index is 13.1. The van der Waals surface area contributed by atoms with Crippen molar-refractivity contribution in [2.75, 3.05) is 26.9 Å². The molecular weight excluding hydrogens is 418 g/mol. The molecular formula is C27H33NO5. The molecule has 1 atom stereocenters. The number of hydrogen-bond acceptors (Lipinski definition) is 5. The molecule has 1 saturated heterocycles. The molecule has 1 N–H and O–H groups in total. The van der Waals surface area contributed by atoms with Gasteiger partial charge in [0.2, 0.25) is 0 Å². The van der Waals surface area contributed by atoms with Crippen LogP contribution in [0.2, 0.25) is 0 Å². The number of aryl methyl sites for hydroxylation is 2. The summed E-state index contributed by atoms with van der Waals surface area (Å²) in [5.41, 5.74) is 3.41. The number of rotatable bonds is 10. The molecule has 3 rings (SSSR count). The Balaban J connectivity index is 2.07. The maximum absolute atomic E-state index is 13.1. The minimum absolute atomic E-state index is 0.114. The Hall–Kier alpha value is -3.12. The molecule has 2 aromatic rings. The third kappa shape index (κ3) is 5.28. The third-order valence-electron chi connectivity index (χ3n) is 5.90. The van der Waals surface area contributed by atoms with Gasteiger partial charge in [-0.15, -0.1) is 0 Å². The molecule has 0 radical (unpaired) electrons. The van der Waals surface area contributed by atoms with Crippen molar-refractivity contribution in [1.82, 2.24) is 4.90 Å². The number of Topliss-reactive ketones (excluding diaryl/α,β-unsaturated/α-hetero) is 1. The van der Waals surface area contributed by atoms with Crippen LogP contribution in [-0.2, 0) is 20.7 Å². The van der Waals surface area contributed by atoms with Gasteiger partial charge in [-0.1, -0.05) is 38.1 Å². The Kier molecular flexibility index (Phi) is 8.28. The zero-order valence-corrected chi connectivity index (χ0v) is 19.9. The van der Waals surface area contributed by atoms with Gasteiger partial charge in [-0.25, -0.2) is 0 Å². The number of ketones is 1. The summed E-state index contributed by atoms with van der Waals surface area (Å²) in [7, 11) is 1.60. The largest absolute Gasteiger partial charge is 0.507 e. The maximum Gasteiger partial charge on any atom is 0.295 e. The zero-order chi connectivity index (χ0) is 24.0. The second kappa shape index (κ2) is 11.1. The van der Waals surface area contributed by atoms with Gasteiger partial charge in [0.05, 0.1) is 18.2 Å². The van der Waals surface area contributed by atoms with E-state index in [1.165, 1.54) is 0 Å². The number of aliphatic hydroxyl groups excluding tert-OH is 1. The summed E-state index contributed by atoms with van der Waals surface area (Å²) in [4.78, 5) is 27.6. The van der Waals surface area contributed by atoms with Gasteiger partial charge in [-0.05, 0) is 61.1 Å². The highest BCUT2D eigenvalue weighted by atomic mass is 16.5. The van der Waals surface area contributed by atoms with Crippen molar-refractivity contribution < 1.29 is 24.2 Å². The average molecular weight is 452 g/mol. The molecule has 176 valence electrons. The van der Waals surface area contributed by atoms with Crippen LogP contribution in [0, 0.1) is 6.92 Å². The van der Waals surface area contributed by atoms with E-state index >= 15 is 0 Å². The van der Waals surface area contributed by atoms with Crippen LogP contribution in [0.25, 0.3) is 5.76 Å². The molecule has 1 unspecified atom stereocenters. The molecule has 0 aromatic heterocycles. The second-order valence-electron chi connectivity index (χ2n) is 8.26. The molecule has 0 saturated carbocycles. The molecule has 1 aliphatic rings. The summed E-state index contributed by atoms with van der Waals surface area (Å²) in [6.07, 6.45) is 2.38. The summed E-state index contributed by atoms with van der Waals surface area (Å²) in [6, 6.07) is 12.5. The normalized spacial score (nSPS) is 17.6. The molecule has 1 fully saturated rings. The molecule has 2 aromatic carbocycles. The Morgan fingerprint density at radius 3 is 2.39 bits per heavy atom. The topological polar surface area (TPSA) is 76.1 Å². The monoisotopic (exact) mass is 451 g/mol. The van der Waals surface area contributed by atoms with Crippen molar-refractivity contribution in [3.05, 3.63) is 70.3 Å². The molecule has 6 heteroatoms. The SMILES string of the molecule is CCCOc1ccc(/C(O)=C2/C(=O)C(=O)N(CCCOC)C2c2ccc(CC)cc2)cc1C. The summed E-state index contributed by atoms with van der Waals surface area (Å²) in [5, 5.41) is 11.2. The van der Waals surface area contributed by atoms with E-state index in [9.17, 15) is 14.7 Å². The number of carbonyl (C=O) groups excluding carboxylic acids is 2. The van der Waals surface area contributed by atoms with Crippen LogP contribution in [0.5, 0.6) is 5.75 Å². The first-order chi connectivity index (χ1) is 15.9. The minimum atomic E-state index is -0.668. The van der Waals surface area contributed by atoms with Crippen molar-refractivity contribution in [3.8, 4) is 5.75 Å². The summed E-state index contributed by atoms with van der Waals surface area (Å²) in [6.45, 7) is 7.44. The van der Waals surface area contributed by atoms with Crippen LogP contribution < -0.4 is 4.74 Å². The van der Waals surface area contributed by atoms with Crippen molar-refractivity contribution in [2.45, 2.75) is 46.1 Å². The van der Waals surface area contributed by atoms with Gasteiger partial charge in [0.25, 0.3) is 11.7 Å². The predicted molar refractivity (Wildman–Crippen MR) is 128 cm³/mol. The molecule has 1 aliphatic heterocycles. The smallest absolute Gasteiger partial charge is 0.295 e. The summed E-state index contributed by atoms with van der Waals surface area (Å²) < 4.78 is 10.9. The number of nitrogens with zero attached hydrogens (tertiary/aromatic N) is 1. The molecule has 6 nitrogen and oxygen atoms in total. The van der Waals surface area contributed by atoms with Gasteiger partial charge >= 0.3 is 0 Å². The molecule has 1 amide bonds. The van der Waals surface area contributed by atoms with Crippen LogP contribution in [0.15, 0.2) is 48.0 Å². The number of methoxy groups -OCH3 is 1. The van der Waals surface area contributed by atoms with Crippen molar-refractivity contribution in [2.24, 2.45) is 0 Å². The van der Waals surface area contributed by atoms with Crippen molar-refractivity contribution >= 4 is 17.4 Å². The molecule has 0 spiro atoms. The first-order valence-corrected chi connectivity index (χ1v) is 11.5. The Morgan fingerprint density at radius 1 is 1.06 bits per heavy atom. The number of likely N-dealkylation sites (tertiary alicyclic amines) is 1. The van der Waals surface area contributed by atoms with E-state index in [1.807, 2.05) is 38.1 Å². The zero-order valence-electron chi connectivity index (χ0n) is 19.9. The molecule has 0 aliphatic carbocycles. The third-order valence-corrected chi connectivity index (χ3v) is 5.90. The fraction of sp³-hybridized carbons (Fsp3) is 0.407. The lowest BCUT2D eigenvalue weighted by atomic mass is 9.94. The van der Waals surface area contributed by atoms with Gasteiger partial charge in [0.1, 0.15) is 11.5 Å². The second-order valence-corrected chi connectivity index (χ2v) is 8.26. The molecule has 0 bridgehead atoms. The van der Waals surface area contributed by atoms with Crippen molar-refractivity contribution in [3.63, 3.8) is 0 Å². The highest BCUT2D eigenvalue weighted by Gasteiger charge is 2.45. The number of aliphatic hydroxyl groups is 1. The Morgan fingerprint density at radius 2 is 1.79 bits per heavy atom.